The number of hydrogen-bond donors (Lipinski definition) is 2. The van der Waals surface area contributed by atoms with Gasteiger partial charge in [-0.05, 0) is 36.2 Å². The van der Waals surface area contributed by atoms with Gasteiger partial charge in [-0.25, -0.2) is 4.79 Å². The molecule has 26 heavy (non-hydrogen) atoms. The molecule has 4 rings (SSSR count). The summed E-state index contributed by atoms with van der Waals surface area (Å²) in [7, 11) is 0. The standard InChI is InChI=1S/C19H17BrN4O2/c1-10(2)18(15-7-14(20)6-13-8-21-23-17(13)15)24-16-4-3-11(19(25)26)5-12(16)9-22-24/h3-10,18H,1-2H3,(H,21,23)(H,25,26). The highest BCUT2D eigenvalue weighted by Crippen LogP contribution is 2.35. The lowest BCUT2D eigenvalue weighted by molar-refractivity contribution is 0.0697. The van der Waals surface area contributed by atoms with E-state index in [0.29, 0.717) is 0 Å². The van der Waals surface area contributed by atoms with E-state index in [1.54, 1.807) is 24.5 Å². The second-order valence-corrected chi connectivity index (χ2v) is 7.60. The van der Waals surface area contributed by atoms with Gasteiger partial charge in [-0.2, -0.15) is 10.2 Å². The van der Waals surface area contributed by atoms with Gasteiger partial charge in [-0.3, -0.25) is 9.78 Å². The molecular formula is C19H17BrN4O2. The van der Waals surface area contributed by atoms with Crippen molar-refractivity contribution in [1.29, 1.82) is 0 Å². The largest absolute Gasteiger partial charge is 0.478 e. The highest BCUT2D eigenvalue weighted by atomic mass is 79.9. The number of halogens is 1. The third kappa shape index (κ3) is 2.68. The maximum absolute atomic E-state index is 11.2. The maximum atomic E-state index is 11.2. The Morgan fingerprint density at radius 1 is 1.19 bits per heavy atom. The van der Waals surface area contributed by atoms with E-state index in [-0.39, 0.29) is 17.5 Å². The fourth-order valence-corrected chi connectivity index (χ4v) is 3.95. The van der Waals surface area contributed by atoms with Gasteiger partial charge in [0.2, 0.25) is 0 Å². The number of H-pyrrole nitrogens is 1. The molecule has 4 aromatic rings. The Hall–Kier alpha value is -2.67. The summed E-state index contributed by atoms with van der Waals surface area (Å²) < 4.78 is 2.95. The second-order valence-electron chi connectivity index (χ2n) is 6.69. The topological polar surface area (TPSA) is 83.8 Å². The fraction of sp³-hybridized carbons (Fsp3) is 0.211. The zero-order valence-corrected chi connectivity index (χ0v) is 15.9. The van der Waals surface area contributed by atoms with Crippen LogP contribution in [0.3, 0.4) is 0 Å². The summed E-state index contributed by atoms with van der Waals surface area (Å²) in [4.78, 5) is 11.2. The van der Waals surface area contributed by atoms with Crippen LogP contribution >= 0.6 is 15.9 Å². The number of hydrogen-bond acceptors (Lipinski definition) is 3. The van der Waals surface area contributed by atoms with Crippen molar-refractivity contribution in [1.82, 2.24) is 20.0 Å². The molecule has 2 heterocycles. The molecule has 0 bridgehead atoms. The lowest BCUT2D eigenvalue weighted by atomic mass is 9.94. The molecule has 1 atom stereocenters. The number of nitrogens with one attached hydrogen (secondary N) is 1. The summed E-state index contributed by atoms with van der Waals surface area (Å²) in [6, 6.07) is 9.19. The molecule has 2 N–H and O–H groups in total. The summed E-state index contributed by atoms with van der Waals surface area (Å²) in [5.41, 5.74) is 3.24. The molecule has 132 valence electrons. The number of aromatic carboxylic acids is 1. The van der Waals surface area contributed by atoms with Gasteiger partial charge in [-0.15, -0.1) is 0 Å². The lowest BCUT2D eigenvalue weighted by Crippen LogP contribution is -2.18. The molecule has 0 saturated carbocycles. The van der Waals surface area contributed by atoms with Crippen molar-refractivity contribution >= 4 is 43.7 Å². The molecule has 0 radical (unpaired) electrons. The number of rotatable bonds is 4. The molecule has 7 heteroatoms. The number of aromatic nitrogens is 4. The van der Waals surface area contributed by atoms with Crippen molar-refractivity contribution in [3.8, 4) is 0 Å². The van der Waals surface area contributed by atoms with Gasteiger partial charge in [0.25, 0.3) is 0 Å². The monoisotopic (exact) mass is 412 g/mol. The Labute approximate surface area is 158 Å². The van der Waals surface area contributed by atoms with Crippen molar-refractivity contribution in [2.45, 2.75) is 19.9 Å². The first-order valence-corrected chi connectivity index (χ1v) is 9.08. The number of fused-ring (bicyclic) bond motifs is 2. The predicted octanol–water partition coefficient (Wildman–Crippen LogP) is 4.62. The highest BCUT2D eigenvalue weighted by Gasteiger charge is 2.24. The minimum absolute atomic E-state index is 0.0244. The first-order valence-electron chi connectivity index (χ1n) is 8.29. The van der Waals surface area contributed by atoms with Crippen molar-refractivity contribution in [2.24, 2.45) is 5.92 Å². The van der Waals surface area contributed by atoms with E-state index in [1.807, 2.05) is 16.8 Å². The molecule has 0 saturated heterocycles. The van der Waals surface area contributed by atoms with E-state index in [1.165, 1.54) is 0 Å². The summed E-state index contributed by atoms with van der Waals surface area (Å²) >= 11 is 3.59. The van der Waals surface area contributed by atoms with E-state index >= 15 is 0 Å². The van der Waals surface area contributed by atoms with Crippen molar-refractivity contribution < 1.29 is 9.90 Å². The molecule has 0 spiro atoms. The molecule has 2 aromatic heterocycles. The van der Waals surface area contributed by atoms with Crippen LogP contribution in [-0.2, 0) is 0 Å². The Morgan fingerprint density at radius 2 is 2.00 bits per heavy atom. The van der Waals surface area contributed by atoms with Crippen LogP contribution < -0.4 is 0 Å². The van der Waals surface area contributed by atoms with Crippen LogP contribution in [0.15, 0.2) is 47.2 Å². The molecule has 0 aliphatic heterocycles. The van der Waals surface area contributed by atoms with Crippen LogP contribution in [0.4, 0.5) is 0 Å². The van der Waals surface area contributed by atoms with Crippen molar-refractivity contribution in [3.63, 3.8) is 0 Å². The highest BCUT2D eigenvalue weighted by molar-refractivity contribution is 9.10. The molecular weight excluding hydrogens is 396 g/mol. The molecule has 1 unspecified atom stereocenters. The van der Waals surface area contributed by atoms with Crippen LogP contribution in [0, 0.1) is 5.92 Å². The Balaban J connectivity index is 1.94. The fourth-order valence-electron chi connectivity index (χ4n) is 3.46. The summed E-state index contributed by atoms with van der Waals surface area (Å²) in [5.74, 6) is -0.677. The van der Waals surface area contributed by atoms with Crippen LogP contribution in [0.1, 0.15) is 35.8 Å². The number of carboxylic acids is 1. The van der Waals surface area contributed by atoms with Gasteiger partial charge in [-0.1, -0.05) is 29.8 Å². The van der Waals surface area contributed by atoms with Gasteiger partial charge >= 0.3 is 5.97 Å². The van der Waals surface area contributed by atoms with Crippen molar-refractivity contribution in [3.05, 3.63) is 58.3 Å². The zero-order chi connectivity index (χ0) is 18.4. The van der Waals surface area contributed by atoms with Gasteiger partial charge in [0.1, 0.15) is 0 Å². The predicted molar refractivity (Wildman–Crippen MR) is 103 cm³/mol. The van der Waals surface area contributed by atoms with Crippen LogP contribution in [0.25, 0.3) is 21.8 Å². The van der Waals surface area contributed by atoms with Gasteiger partial charge in [0, 0.05) is 20.8 Å². The SMILES string of the molecule is CC(C)C(c1cc(Br)cc2cn[nH]c12)n1ncc2cc(C(=O)O)ccc21. The molecule has 0 amide bonds. The summed E-state index contributed by atoms with van der Waals surface area (Å²) in [6.45, 7) is 4.29. The number of nitrogens with zero attached hydrogens (tertiary/aromatic N) is 3. The minimum Gasteiger partial charge on any atom is -0.478 e. The van der Waals surface area contributed by atoms with E-state index < -0.39 is 5.97 Å². The third-order valence-electron chi connectivity index (χ3n) is 4.60. The molecule has 6 nitrogen and oxygen atoms in total. The van der Waals surface area contributed by atoms with Gasteiger partial charge in [0.05, 0.1) is 35.0 Å². The van der Waals surface area contributed by atoms with E-state index in [9.17, 15) is 9.90 Å². The number of benzene rings is 2. The zero-order valence-electron chi connectivity index (χ0n) is 14.3. The first-order chi connectivity index (χ1) is 12.5. The van der Waals surface area contributed by atoms with E-state index in [4.69, 9.17) is 0 Å². The lowest BCUT2D eigenvalue weighted by Gasteiger charge is -2.24. The van der Waals surface area contributed by atoms with Crippen LogP contribution in [0.2, 0.25) is 0 Å². The first kappa shape index (κ1) is 16.8. The maximum Gasteiger partial charge on any atom is 0.335 e. The van der Waals surface area contributed by atoms with Crippen LogP contribution in [0.5, 0.6) is 0 Å². The van der Waals surface area contributed by atoms with E-state index in [0.717, 1.165) is 31.8 Å². The summed E-state index contributed by atoms with van der Waals surface area (Å²) in [6.07, 6.45) is 3.53. The normalized spacial score (nSPS) is 12.9. The Morgan fingerprint density at radius 3 is 2.73 bits per heavy atom. The quantitative estimate of drug-likeness (QED) is 0.512. The number of aromatic amines is 1. The average molecular weight is 413 g/mol. The number of carbonyl (C=O) groups is 1. The summed E-state index contributed by atoms with van der Waals surface area (Å²) in [5, 5.41) is 22.9. The third-order valence-corrected chi connectivity index (χ3v) is 5.06. The molecule has 0 fully saturated rings. The smallest absolute Gasteiger partial charge is 0.335 e. The second kappa shape index (κ2) is 6.25. The Bertz CT molecular complexity index is 1130. The minimum atomic E-state index is -0.939. The Kier molecular flexibility index (Phi) is 4.03. The van der Waals surface area contributed by atoms with Gasteiger partial charge in [0.15, 0.2) is 0 Å². The van der Waals surface area contributed by atoms with Crippen molar-refractivity contribution in [2.75, 3.05) is 0 Å². The molecule has 2 aromatic carbocycles. The number of carboxylic acid groups (broad SMARTS) is 1. The van der Waals surface area contributed by atoms with Crippen LogP contribution in [-0.4, -0.2) is 31.1 Å². The van der Waals surface area contributed by atoms with E-state index in [2.05, 4.69) is 51.1 Å². The molecule has 0 aliphatic carbocycles. The molecule has 0 aliphatic rings. The van der Waals surface area contributed by atoms with Gasteiger partial charge < -0.3 is 5.11 Å². The average Bonchev–Trinajstić information content (AvgIpc) is 3.21.